The lowest BCUT2D eigenvalue weighted by Crippen LogP contribution is -2.18. The maximum Gasteiger partial charge on any atom is 0.0780 e. The Morgan fingerprint density at radius 3 is 2.10 bits per heavy atom. The molecular formula is C8H18O2. The molecule has 0 fully saturated rings. The number of rotatable bonds is 5. The topological polar surface area (TPSA) is 18.5 Å². The van der Waals surface area contributed by atoms with Crippen molar-refractivity contribution in [3.8, 4) is 0 Å². The fraction of sp³-hybridized carbons (Fsp3) is 1.00. The van der Waals surface area contributed by atoms with Gasteiger partial charge in [0.1, 0.15) is 0 Å². The SMILES string of the molecule is CCOC(C)COC(C)C. The molecule has 0 amide bonds. The molecule has 62 valence electrons. The summed E-state index contributed by atoms with van der Waals surface area (Å²) >= 11 is 0. The molecule has 0 heterocycles. The normalized spacial score (nSPS) is 14.1. The van der Waals surface area contributed by atoms with Crippen LogP contribution < -0.4 is 0 Å². The van der Waals surface area contributed by atoms with Gasteiger partial charge in [-0.1, -0.05) is 0 Å². The molecule has 2 nitrogen and oxygen atoms in total. The summed E-state index contributed by atoms with van der Waals surface area (Å²) in [5.41, 5.74) is 0. The van der Waals surface area contributed by atoms with E-state index in [1.807, 2.05) is 27.7 Å². The highest BCUT2D eigenvalue weighted by Crippen LogP contribution is 1.94. The predicted molar refractivity (Wildman–Crippen MR) is 42.2 cm³/mol. The zero-order chi connectivity index (χ0) is 7.98. The predicted octanol–water partition coefficient (Wildman–Crippen LogP) is 1.84. The van der Waals surface area contributed by atoms with Crippen LogP contribution in [0.15, 0.2) is 0 Å². The maximum absolute atomic E-state index is 5.33. The third kappa shape index (κ3) is 6.05. The first-order valence-corrected chi connectivity index (χ1v) is 3.90. The second-order valence-electron chi connectivity index (χ2n) is 2.65. The second-order valence-corrected chi connectivity index (χ2v) is 2.65. The van der Waals surface area contributed by atoms with E-state index in [1.165, 1.54) is 0 Å². The van der Waals surface area contributed by atoms with Crippen molar-refractivity contribution in [1.82, 2.24) is 0 Å². The van der Waals surface area contributed by atoms with Gasteiger partial charge in [-0.05, 0) is 27.7 Å². The molecular weight excluding hydrogens is 128 g/mol. The third-order valence-corrected chi connectivity index (χ3v) is 1.12. The van der Waals surface area contributed by atoms with Crippen LogP contribution in [0, 0.1) is 0 Å². The van der Waals surface area contributed by atoms with Crippen molar-refractivity contribution < 1.29 is 9.47 Å². The van der Waals surface area contributed by atoms with Gasteiger partial charge in [-0.2, -0.15) is 0 Å². The Morgan fingerprint density at radius 2 is 1.70 bits per heavy atom. The molecule has 0 saturated heterocycles. The van der Waals surface area contributed by atoms with Crippen molar-refractivity contribution in [1.29, 1.82) is 0 Å². The van der Waals surface area contributed by atoms with Crippen LogP contribution in [0.4, 0.5) is 0 Å². The van der Waals surface area contributed by atoms with Crippen molar-refractivity contribution in [3.63, 3.8) is 0 Å². The van der Waals surface area contributed by atoms with E-state index >= 15 is 0 Å². The van der Waals surface area contributed by atoms with Crippen molar-refractivity contribution in [2.75, 3.05) is 13.2 Å². The van der Waals surface area contributed by atoms with Gasteiger partial charge in [0, 0.05) is 6.61 Å². The molecule has 0 bridgehead atoms. The molecule has 0 aromatic rings. The molecule has 0 spiro atoms. The van der Waals surface area contributed by atoms with Crippen LogP contribution in [0.5, 0.6) is 0 Å². The fourth-order valence-corrected chi connectivity index (χ4v) is 0.661. The van der Waals surface area contributed by atoms with Gasteiger partial charge in [0.25, 0.3) is 0 Å². The Morgan fingerprint density at radius 1 is 1.10 bits per heavy atom. The summed E-state index contributed by atoms with van der Waals surface area (Å²) < 4.78 is 10.6. The zero-order valence-electron chi connectivity index (χ0n) is 7.39. The molecule has 1 unspecified atom stereocenters. The highest BCUT2D eigenvalue weighted by atomic mass is 16.5. The molecule has 1 atom stereocenters. The lowest BCUT2D eigenvalue weighted by molar-refractivity contribution is -0.0223. The molecule has 0 N–H and O–H groups in total. The van der Waals surface area contributed by atoms with Gasteiger partial charge in [0.15, 0.2) is 0 Å². The molecule has 0 saturated carbocycles. The summed E-state index contributed by atoms with van der Waals surface area (Å²) in [4.78, 5) is 0. The van der Waals surface area contributed by atoms with Crippen molar-refractivity contribution >= 4 is 0 Å². The Hall–Kier alpha value is -0.0800. The van der Waals surface area contributed by atoms with Crippen molar-refractivity contribution in [3.05, 3.63) is 0 Å². The standard InChI is InChI=1S/C8H18O2/c1-5-9-8(4)6-10-7(2)3/h7-8H,5-6H2,1-4H3. The van der Waals surface area contributed by atoms with Crippen molar-refractivity contribution in [2.45, 2.75) is 39.9 Å². The first kappa shape index (κ1) is 9.92. The summed E-state index contributed by atoms with van der Waals surface area (Å²) in [7, 11) is 0. The van der Waals surface area contributed by atoms with E-state index in [-0.39, 0.29) is 6.10 Å². The van der Waals surface area contributed by atoms with Crippen LogP contribution in [0.3, 0.4) is 0 Å². The Kier molecular flexibility index (Phi) is 5.64. The van der Waals surface area contributed by atoms with Gasteiger partial charge >= 0.3 is 0 Å². The molecule has 0 rings (SSSR count). The van der Waals surface area contributed by atoms with Crippen LogP contribution in [0.1, 0.15) is 27.7 Å². The average molecular weight is 146 g/mol. The molecule has 0 aromatic carbocycles. The van der Waals surface area contributed by atoms with Crippen molar-refractivity contribution in [2.24, 2.45) is 0 Å². The van der Waals surface area contributed by atoms with E-state index in [1.54, 1.807) is 0 Å². The quantitative estimate of drug-likeness (QED) is 0.589. The van der Waals surface area contributed by atoms with Gasteiger partial charge in [0.05, 0.1) is 18.8 Å². The van der Waals surface area contributed by atoms with Gasteiger partial charge in [-0.15, -0.1) is 0 Å². The number of hydrogen-bond donors (Lipinski definition) is 0. The smallest absolute Gasteiger partial charge is 0.0780 e. The van der Waals surface area contributed by atoms with Gasteiger partial charge in [0.2, 0.25) is 0 Å². The summed E-state index contributed by atoms with van der Waals surface area (Å²) in [6, 6.07) is 0. The summed E-state index contributed by atoms with van der Waals surface area (Å²) in [6.07, 6.45) is 0.537. The maximum atomic E-state index is 5.33. The Bertz CT molecular complexity index is 71.7. The second kappa shape index (κ2) is 5.69. The van der Waals surface area contributed by atoms with Crippen LogP contribution in [0.25, 0.3) is 0 Å². The minimum Gasteiger partial charge on any atom is -0.376 e. The monoisotopic (exact) mass is 146 g/mol. The molecule has 0 aliphatic carbocycles. The van der Waals surface area contributed by atoms with Crippen LogP contribution in [-0.4, -0.2) is 25.4 Å². The highest BCUT2D eigenvalue weighted by molar-refractivity contribution is 4.47. The lowest BCUT2D eigenvalue weighted by Gasteiger charge is -2.13. The third-order valence-electron chi connectivity index (χ3n) is 1.12. The van der Waals surface area contributed by atoms with Gasteiger partial charge in [-0.25, -0.2) is 0 Å². The highest BCUT2D eigenvalue weighted by Gasteiger charge is 2.01. The summed E-state index contributed by atoms with van der Waals surface area (Å²) in [5.74, 6) is 0. The van der Waals surface area contributed by atoms with E-state index in [0.29, 0.717) is 12.7 Å². The molecule has 10 heavy (non-hydrogen) atoms. The van der Waals surface area contributed by atoms with Crippen LogP contribution in [0.2, 0.25) is 0 Å². The van der Waals surface area contributed by atoms with E-state index in [4.69, 9.17) is 9.47 Å². The Labute approximate surface area is 63.5 Å². The fourth-order valence-electron chi connectivity index (χ4n) is 0.661. The Balaban J connectivity index is 3.12. The number of hydrogen-bond acceptors (Lipinski definition) is 2. The zero-order valence-corrected chi connectivity index (χ0v) is 7.39. The minimum atomic E-state index is 0.229. The first-order chi connectivity index (χ1) is 4.66. The van der Waals surface area contributed by atoms with Gasteiger partial charge < -0.3 is 9.47 Å². The van der Waals surface area contributed by atoms with E-state index in [0.717, 1.165) is 6.61 Å². The first-order valence-electron chi connectivity index (χ1n) is 3.90. The van der Waals surface area contributed by atoms with Crippen LogP contribution >= 0.6 is 0 Å². The van der Waals surface area contributed by atoms with Crippen LogP contribution in [-0.2, 0) is 9.47 Å². The summed E-state index contributed by atoms with van der Waals surface area (Å²) in [5, 5.41) is 0. The molecule has 0 aromatic heterocycles. The average Bonchev–Trinajstić information content (AvgIpc) is 1.85. The minimum absolute atomic E-state index is 0.229. The van der Waals surface area contributed by atoms with E-state index in [9.17, 15) is 0 Å². The van der Waals surface area contributed by atoms with Gasteiger partial charge in [-0.3, -0.25) is 0 Å². The largest absolute Gasteiger partial charge is 0.376 e. The molecule has 0 aliphatic rings. The summed E-state index contributed by atoms with van der Waals surface area (Å²) in [6.45, 7) is 9.53. The molecule has 0 radical (unpaired) electrons. The lowest BCUT2D eigenvalue weighted by atomic mass is 10.4. The molecule has 0 aliphatic heterocycles. The molecule has 2 heteroatoms. The van der Waals surface area contributed by atoms with E-state index < -0.39 is 0 Å². The van der Waals surface area contributed by atoms with E-state index in [2.05, 4.69) is 0 Å². The number of ether oxygens (including phenoxy) is 2.